The maximum absolute atomic E-state index is 12.7. The number of hydrogen-bond acceptors (Lipinski definition) is 6. The summed E-state index contributed by atoms with van der Waals surface area (Å²) in [7, 11) is 2.98. The molecule has 2 heterocycles. The third-order valence-corrected chi connectivity index (χ3v) is 4.47. The van der Waals surface area contributed by atoms with Crippen molar-refractivity contribution in [2.24, 2.45) is 0 Å². The highest BCUT2D eigenvalue weighted by Crippen LogP contribution is 2.37. The van der Waals surface area contributed by atoms with E-state index < -0.39 is 5.91 Å². The van der Waals surface area contributed by atoms with Gasteiger partial charge in [-0.05, 0) is 18.2 Å². The number of carbonyl (C=O) groups excluding carboxylic acids is 2. The average molecular weight is 366 g/mol. The number of nitrogens with zero attached hydrogens (tertiary/aromatic N) is 1. The Morgan fingerprint density at radius 2 is 1.74 bits per heavy atom. The predicted octanol–water partition coefficient (Wildman–Crippen LogP) is 2.29. The van der Waals surface area contributed by atoms with Crippen LogP contribution < -0.4 is 19.5 Å². The number of fused-ring (bicyclic) bond motifs is 1. The largest absolute Gasteiger partial charge is 0.496 e. The molecule has 7 nitrogen and oxygen atoms in total. The van der Waals surface area contributed by atoms with E-state index in [9.17, 15) is 9.59 Å². The second-order valence-electron chi connectivity index (χ2n) is 6.10. The SMILES string of the molecule is COc1ccccc1C1=C(Nc2ccc3c(c2)OCCO3)C(=O)N(C)C1=O. The summed E-state index contributed by atoms with van der Waals surface area (Å²) in [5.41, 5.74) is 1.65. The number of hydrogen-bond donors (Lipinski definition) is 1. The zero-order valence-corrected chi connectivity index (χ0v) is 14.9. The Bertz CT molecular complexity index is 967. The Balaban J connectivity index is 1.78. The Morgan fingerprint density at radius 1 is 1.00 bits per heavy atom. The van der Waals surface area contributed by atoms with Gasteiger partial charge in [0, 0.05) is 24.4 Å². The number of anilines is 1. The molecule has 4 rings (SSSR count). The lowest BCUT2D eigenvalue weighted by molar-refractivity contribution is -0.135. The van der Waals surface area contributed by atoms with Crippen LogP contribution in [0.3, 0.4) is 0 Å². The van der Waals surface area contributed by atoms with E-state index >= 15 is 0 Å². The first-order valence-electron chi connectivity index (χ1n) is 8.47. The highest BCUT2D eigenvalue weighted by Gasteiger charge is 2.38. The van der Waals surface area contributed by atoms with Crippen LogP contribution in [0.4, 0.5) is 5.69 Å². The van der Waals surface area contributed by atoms with Gasteiger partial charge in [0.1, 0.15) is 24.7 Å². The maximum Gasteiger partial charge on any atom is 0.277 e. The second kappa shape index (κ2) is 6.68. The van der Waals surface area contributed by atoms with Gasteiger partial charge < -0.3 is 19.5 Å². The molecule has 27 heavy (non-hydrogen) atoms. The van der Waals surface area contributed by atoms with Crippen molar-refractivity contribution in [1.82, 2.24) is 4.90 Å². The highest BCUT2D eigenvalue weighted by atomic mass is 16.6. The molecule has 2 aromatic rings. The minimum absolute atomic E-state index is 0.198. The second-order valence-corrected chi connectivity index (χ2v) is 6.10. The molecular weight excluding hydrogens is 348 g/mol. The van der Waals surface area contributed by atoms with Crippen molar-refractivity contribution >= 4 is 23.1 Å². The van der Waals surface area contributed by atoms with Crippen molar-refractivity contribution in [2.45, 2.75) is 0 Å². The first kappa shape index (κ1) is 17.0. The lowest BCUT2D eigenvalue weighted by Crippen LogP contribution is -2.28. The molecule has 0 radical (unpaired) electrons. The van der Waals surface area contributed by atoms with Gasteiger partial charge in [0.2, 0.25) is 0 Å². The molecule has 0 unspecified atom stereocenters. The number of rotatable bonds is 4. The van der Waals surface area contributed by atoms with Gasteiger partial charge in [0.05, 0.1) is 12.7 Å². The summed E-state index contributed by atoms with van der Waals surface area (Å²) in [5, 5.41) is 3.08. The van der Waals surface area contributed by atoms with E-state index in [0.717, 1.165) is 4.90 Å². The fraction of sp³-hybridized carbons (Fsp3) is 0.200. The van der Waals surface area contributed by atoms with Crippen LogP contribution in [0.2, 0.25) is 0 Å². The average Bonchev–Trinajstić information content (AvgIpc) is 2.91. The van der Waals surface area contributed by atoms with Gasteiger partial charge in [0.15, 0.2) is 11.5 Å². The van der Waals surface area contributed by atoms with Gasteiger partial charge in [-0.1, -0.05) is 18.2 Å². The van der Waals surface area contributed by atoms with E-state index in [1.165, 1.54) is 14.2 Å². The zero-order chi connectivity index (χ0) is 19.0. The van der Waals surface area contributed by atoms with Crippen LogP contribution in [0, 0.1) is 0 Å². The van der Waals surface area contributed by atoms with E-state index in [0.29, 0.717) is 41.7 Å². The molecule has 138 valence electrons. The molecule has 0 aromatic heterocycles. The zero-order valence-electron chi connectivity index (χ0n) is 14.9. The molecule has 2 amide bonds. The fourth-order valence-electron chi connectivity index (χ4n) is 3.12. The van der Waals surface area contributed by atoms with Crippen LogP contribution in [-0.2, 0) is 9.59 Å². The topological polar surface area (TPSA) is 77.1 Å². The Morgan fingerprint density at radius 3 is 2.52 bits per heavy atom. The third-order valence-electron chi connectivity index (χ3n) is 4.47. The fourth-order valence-corrected chi connectivity index (χ4v) is 3.12. The van der Waals surface area contributed by atoms with Crippen LogP contribution in [0.15, 0.2) is 48.2 Å². The summed E-state index contributed by atoms with van der Waals surface area (Å²) in [4.78, 5) is 26.5. The first-order chi connectivity index (χ1) is 13.1. The smallest absolute Gasteiger partial charge is 0.277 e. The maximum atomic E-state index is 12.7. The minimum atomic E-state index is -0.407. The number of benzene rings is 2. The van der Waals surface area contributed by atoms with Crippen molar-refractivity contribution in [3.63, 3.8) is 0 Å². The number of likely N-dealkylation sites (N-methyl/N-ethyl adjacent to an activating group) is 1. The first-order valence-corrected chi connectivity index (χ1v) is 8.47. The van der Waals surface area contributed by atoms with Crippen molar-refractivity contribution in [2.75, 3.05) is 32.7 Å². The molecule has 0 aliphatic carbocycles. The molecule has 0 saturated carbocycles. The summed E-state index contributed by atoms with van der Waals surface area (Å²) in [5.74, 6) is 0.971. The molecule has 0 spiro atoms. The molecule has 0 fully saturated rings. The van der Waals surface area contributed by atoms with Crippen LogP contribution in [0.5, 0.6) is 17.2 Å². The molecule has 2 aromatic carbocycles. The van der Waals surface area contributed by atoms with Gasteiger partial charge in [-0.25, -0.2) is 0 Å². The van der Waals surface area contributed by atoms with Crippen LogP contribution in [-0.4, -0.2) is 44.1 Å². The number of para-hydroxylation sites is 1. The molecule has 2 aliphatic heterocycles. The number of nitrogens with one attached hydrogen (secondary N) is 1. The number of ether oxygens (including phenoxy) is 3. The van der Waals surface area contributed by atoms with Gasteiger partial charge >= 0.3 is 0 Å². The lowest BCUT2D eigenvalue weighted by Gasteiger charge is -2.19. The molecule has 7 heteroatoms. The van der Waals surface area contributed by atoms with E-state index in [2.05, 4.69) is 5.32 Å². The number of imide groups is 1. The lowest BCUT2D eigenvalue weighted by atomic mass is 10.0. The Hall–Kier alpha value is -3.48. The minimum Gasteiger partial charge on any atom is -0.496 e. The van der Waals surface area contributed by atoms with Crippen LogP contribution in [0.1, 0.15) is 5.56 Å². The van der Waals surface area contributed by atoms with Crippen molar-refractivity contribution < 1.29 is 23.8 Å². The molecule has 2 aliphatic rings. The highest BCUT2D eigenvalue weighted by molar-refractivity contribution is 6.36. The summed E-state index contributed by atoms with van der Waals surface area (Å²) in [6, 6.07) is 12.4. The summed E-state index contributed by atoms with van der Waals surface area (Å²) in [6.07, 6.45) is 0. The quantitative estimate of drug-likeness (QED) is 0.837. The van der Waals surface area contributed by atoms with Gasteiger partial charge in [-0.2, -0.15) is 0 Å². The molecule has 1 N–H and O–H groups in total. The number of amides is 2. The standard InChI is InChI=1S/C20H18N2O5/c1-22-19(23)17(13-5-3-4-6-14(13)25-2)18(20(22)24)21-12-7-8-15-16(11-12)27-10-9-26-15/h3-8,11,21H,9-10H2,1-2H3. The van der Waals surface area contributed by atoms with E-state index in [1.54, 1.807) is 36.4 Å². The van der Waals surface area contributed by atoms with E-state index in [4.69, 9.17) is 14.2 Å². The summed E-state index contributed by atoms with van der Waals surface area (Å²) >= 11 is 0. The van der Waals surface area contributed by atoms with Gasteiger partial charge in [-0.3, -0.25) is 14.5 Å². The van der Waals surface area contributed by atoms with Crippen molar-refractivity contribution in [3.05, 3.63) is 53.7 Å². The Labute approximate surface area is 156 Å². The van der Waals surface area contributed by atoms with Gasteiger partial charge in [-0.15, -0.1) is 0 Å². The molecule has 0 saturated heterocycles. The molecular formula is C20H18N2O5. The molecule has 0 bridgehead atoms. The summed E-state index contributed by atoms with van der Waals surface area (Å²) < 4.78 is 16.5. The predicted molar refractivity (Wildman–Crippen MR) is 98.7 cm³/mol. The van der Waals surface area contributed by atoms with Gasteiger partial charge in [0.25, 0.3) is 11.8 Å². The normalized spacial score (nSPS) is 16.0. The summed E-state index contributed by atoms with van der Waals surface area (Å²) in [6.45, 7) is 0.965. The van der Waals surface area contributed by atoms with Crippen LogP contribution >= 0.6 is 0 Å². The third kappa shape index (κ3) is 2.87. The van der Waals surface area contributed by atoms with Crippen molar-refractivity contribution in [1.29, 1.82) is 0 Å². The molecule has 0 atom stereocenters. The monoisotopic (exact) mass is 366 g/mol. The van der Waals surface area contributed by atoms with Crippen molar-refractivity contribution in [3.8, 4) is 17.2 Å². The Kier molecular flexibility index (Phi) is 4.19. The van der Waals surface area contributed by atoms with Crippen LogP contribution in [0.25, 0.3) is 5.57 Å². The van der Waals surface area contributed by atoms with E-state index in [-0.39, 0.29) is 17.2 Å². The van der Waals surface area contributed by atoms with E-state index in [1.807, 2.05) is 6.07 Å². The number of carbonyl (C=O) groups is 2. The number of methoxy groups -OCH3 is 1.